The molecule has 110 valence electrons. The molecule has 1 amide bonds. The quantitative estimate of drug-likeness (QED) is 0.890. The van der Waals surface area contributed by atoms with Crippen molar-refractivity contribution in [3.05, 3.63) is 59.1 Å². The van der Waals surface area contributed by atoms with Crippen molar-refractivity contribution in [3.8, 4) is 5.75 Å². The van der Waals surface area contributed by atoms with Gasteiger partial charge in [0, 0.05) is 0 Å². The number of aliphatic hydroxyl groups excluding tert-OH is 1. The Labute approximate surface area is 128 Å². The third-order valence-electron chi connectivity index (χ3n) is 2.86. The lowest BCUT2D eigenvalue weighted by atomic mass is 10.1. The molecule has 0 unspecified atom stereocenters. The number of carbonyl (C=O) groups is 1. The molecule has 0 aliphatic carbocycles. The summed E-state index contributed by atoms with van der Waals surface area (Å²) in [5.41, 5.74) is 1.28. The van der Waals surface area contributed by atoms with Crippen LogP contribution in [-0.4, -0.2) is 17.6 Å². The largest absolute Gasteiger partial charge is 0.484 e. The van der Waals surface area contributed by atoms with E-state index < -0.39 is 6.10 Å². The normalized spacial score (nSPS) is 11.8. The van der Waals surface area contributed by atoms with Crippen LogP contribution in [0.1, 0.15) is 18.6 Å². The van der Waals surface area contributed by atoms with Crippen LogP contribution in [0.25, 0.3) is 0 Å². The van der Waals surface area contributed by atoms with Crippen molar-refractivity contribution in [2.24, 2.45) is 0 Å². The second kappa shape index (κ2) is 7.11. The SMILES string of the molecule is C[C@@H](O)c1cccc(OCC(=O)Nc2ccccc2Cl)c1. The molecule has 2 aromatic rings. The highest BCUT2D eigenvalue weighted by atomic mass is 35.5. The molecule has 0 spiro atoms. The molecule has 2 N–H and O–H groups in total. The number of anilines is 1. The van der Waals surface area contributed by atoms with Crippen molar-refractivity contribution in [2.45, 2.75) is 13.0 Å². The molecule has 0 aliphatic heterocycles. The number of hydrogen-bond acceptors (Lipinski definition) is 3. The highest BCUT2D eigenvalue weighted by molar-refractivity contribution is 6.33. The number of amides is 1. The lowest BCUT2D eigenvalue weighted by Gasteiger charge is -2.10. The molecule has 0 saturated heterocycles. The predicted molar refractivity (Wildman–Crippen MR) is 82.7 cm³/mol. The molecular weight excluding hydrogens is 290 g/mol. The number of benzene rings is 2. The van der Waals surface area contributed by atoms with Gasteiger partial charge in [0.15, 0.2) is 6.61 Å². The minimum atomic E-state index is -0.578. The van der Waals surface area contributed by atoms with Gasteiger partial charge in [-0.2, -0.15) is 0 Å². The second-order valence-electron chi connectivity index (χ2n) is 4.57. The summed E-state index contributed by atoms with van der Waals surface area (Å²) in [5, 5.41) is 12.6. The van der Waals surface area contributed by atoms with E-state index in [9.17, 15) is 9.90 Å². The van der Waals surface area contributed by atoms with E-state index in [2.05, 4.69) is 5.32 Å². The van der Waals surface area contributed by atoms with Crippen LogP contribution in [0.15, 0.2) is 48.5 Å². The van der Waals surface area contributed by atoms with Crippen molar-refractivity contribution < 1.29 is 14.6 Å². The predicted octanol–water partition coefficient (Wildman–Crippen LogP) is 3.41. The zero-order valence-electron chi connectivity index (χ0n) is 11.5. The highest BCUT2D eigenvalue weighted by Crippen LogP contribution is 2.21. The van der Waals surface area contributed by atoms with Crippen LogP contribution >= 0.6 is 11.6 Å². The summed E-state index contributed by atoms with van der Waals surface area (Å²) in [6.07, 6.45) is -0.578. The lowest BCUT2D eigenvalue weighted by molar-refractivity contribution is -0.118. The number of para-hydroxylation sites is 1. The molecule has 1 atom stereocenters. The molecule has 4 nitrogen and oxygen atoms in total. The van der Waals surface area contributed by atoms with E-state index in [1.807, 2.05) is 0 Å². The third-order valence-corrected chi connectivity index (χ3v) is 3.19. The summed E-state index contributed by atoms with van der Waals surface area (Å²) in [7, 11) is 0. The Bertz CT molecular complexity index is 628. The van der Waals surface area contributed by atoms with E-state index in [1.165, 1.54) is 0 Å². The smallest absolute Gasteiger partial charge is 0.262 e. The maximum absolute atomic E-state index is 11.8. The maximum atomic E-state index is 11.8. The van der Waals surface area contributed by atoms with Crippen LogP contribution in [0, 0.1) is 0 Å². The van der Waals surface area contributed by atoms with Crippen molar-refractivity contribution in [1.29, 1.82) is 0 Å². The van der Waals surface area contributed by atoms with Gasteiger partial charge in [-0.25, -0.2) is 0 Å². The Morgan fingerprint density at radius 1 is 1.29 bits per heavy atom. The van der Waals surface area contributed by atoms with Crippen molar-refractivity contribution in [2.75, 3.05) is 11.9 Å². The minimum absolute atomic E-state index is 0.130. The van der Waals surface area contributed by atoms with Gasteiger partial charge in [-0.05, 0) is 36.8 Å². The number of rotatable bonds is 5. The molecule has 0 bridgehead atoms. The summed E-state index contributed by atoms with van der Waals surface area (Å²) < 4.78 is 5.40. The van der Waals surface area contributed by atoms with Crippen molar-refractivity contribution in [1.82, 2.24) is 0 Å². The molecule has 0 aromatic heterocycles. The van der Waals surface area contributed by atoms with Gasteiger partial charge in [-0.1, -0.05) is 35.9 Å². The molecule has 21 heavy (non-hydrogen) atoms. The molecule has 5 heteroatoms. The van der Waals surface area contributed by atoms with Gasteiger partial charge in [-0.15, -0.1) is 0 Å². The number of ether oxygens (including phenoxy) is 1. The topological polar surface area (TPSA) is 58.6 Å². The van der Waals surface area contributed by atoms with E-state index in [-0.39, 0.29) is 12.5 Å². The molecule has 0 radical (unpaired) electrons. The molecule has 2 rings (SSSR count). The lowest BCUT2D eigenvalue weighted by Crippen LogP contribution is -2.20. The highest BCUT2D eigenvalue weighted by Gasteiger charge is 2.07. The van der Waals surface area contributed by atoms with Gasteiger partial charge in [-0.3, -0.25) is 4.79 Å². The van der Waals surface area contributed by atoms with Crippen LogP contribution in [0.3, 0.4) is 0 Å². The Hall–Kier alpha value is -2.04. The van der Waals surface area contributed by atoms with Gasteiger partial charge >= 0.3 is 0 Å². The number of nitrogens with one attached hydrogen (secondary N) is 1. The van der Waals surface area contributed by atoms with E-state index in [0.29, 0.717) is 16.5 Å². The standard InChI is InChI=1S/C16H16ClNO3/c1-11(19)12-5-4-6-13(9-12)21-10-16(20)18-15-8-3-2-7-14(15)17/h2-9,11,19H,10H2,1H3,(H,18,20)/t11-/m1/s1. The van der Waals surface area contributed by atoms with Crippen LogP contribution in [0.5, 0.6) is 5.75 Å². The van der Waals surface area contributed by atoms with Crippen molar-refractivity contribution in [3.63, 3.8) is 0 Å². The Morgan fingerprint density at radius 3 is 2.76 bits per heavy atom. The van der Waals surface area contributed by atoms with Gasteiger partial charge in [0.25, 0.3) is 5.91 Å². The summed E-state index contributed by atoms with van der Waals surface area (Å²) >= 11 is 5.96. The number of carbonyl (C=O) groups excluding carboxylic acids is 1. The van der Waals surface area contributed by atoms with Gasteiger partial charge in [0.1, 0.15) is 5.75 Å². The van der Waals surface area contributed by atoms with Crippen molar-refractivity contribution >= 4 is 23.2 Å². The van der Waals surface area contributed by atoms with Crippen LogP contribution in [-0.2, 0) is 4.79 Å². The number of hydrogen-bond donors (Lipinski definition) is 2. The van der Waals surface area contributed by atoms with Gasteiger partial charge in [0.05, 0.1) is 16.8 Å². The Morgan fingerprint density at radius 2 is 2.05 bits per heavy atom. The first kappa shape index (κ1) is 15.4. The van der Waals surface area contributed by atoms with Gasteiger partial charge in [0.2, 0.25) is 0 Å². The monoisotopic (exact) mass is 305 g/mol. The minimum Gasteiger partial charge on any atom is -0.484 e. The fraction of sp³-hybridized carbons (Fsp3) is 0.188. The van der Waals surface area contributed by atoms with E-state index in [4.69, 9.17) is 16.3 Å². The van der Waals surface area contributed by atoms with E-state index >= 15 is 0 Å². The average Bonchev–Trinajstić information content (AvgIpc) is 2.48. The second-order valence-corrected chi connectivity index (χ2v) is 4.97. The molecular formula is C16H16ClNO3. The molecule has 0 heterocycles. The zero-order valence-corrected chi connectivity index (χ0v) is 12.3. The van der Waals surface area contributed by atoms with Crippen LogP contribution in [0.4, 0.5) is 5.69 Å². The van der Waals surface area contributed by atoms with Gasteiger partial charge < -0.3 is 15.2 Å². The average molecular weight is 306 g/mol. The molecule has 2 aromatic carbocycles. The molecule has 0 aliphatic rings. The van der Waals surface area contributed by atoms with E-state index in [0.717, 1.165) is 5.56 Å². The Balaban J connectivity index is 1.92. The van der Waals surface area contributed by atoms with E-state index in [1.54, 1.807) is 55.5 Å². The first-order valence-corrected chi connectivity index (χ1v) is 6.89. The third kappa shape index (κ3) is 4.48. The molecule has 0 saturated carbocycles. The fourth-order valence-electron chi connectivity index (χ4n) is 1.76. The Kier molecular flexibility index (Phi) is 5.20. The first-order valence-electron chi connectivity index (χ1n) is 6.51. The summed E-state index contributed by atoms with van der Waals surface area (Å²) in [4.78, 5) is 11.8. The summed E-state index contributed by atoms with van der Waals surface area (Å²) in [6, 6.07) is 14.0. The maximum Gasteiger partial charge on any atom is 0.262 e. The molecule has 0 fully saturated rings. The van der Waals surface area contributed by atoms with Crippen LogP contribution in [0.2, 0.25) is 5.02 Å². The fourth-order valence-corrected chi connectivity index (χ4v) is 1.94. The zero-order chi connectivity index (χ0) is 15.2. The first-order chi connectivity index (χ1) is 10.1. The van der Waals surface area contributed by atoms with Crippen LogP contribution < -0.4 is 10.1 Å². The number of halogens is 1. The summed E-state index contributed by atoms with van der Waals surface area (Å²) in [6.45, 7) is 1.54. The summed E-state index contributed by atoms with van der Waals surface area (Å²) in [5.74, 6) is 0.230. The number of aliphatic hydroxyl groups is 1.